The zero-order chi connectivity index (χ0) is 8.91. The maximum absolute atomic E-state index is 6.02. The van der Waals surface area contributed by atoms with E-state index >= 15 is 0 Å². The molecule has 0 aliphatic rings. The molecule has 1 nitrogen and oxygen atoms in total. The molecular formula is C8H19IOSi. The Morgan fingerprint density at radius 3 is 1.82 bits per heavy atom. The van der Waals surface area contributed by atoms with Crippen LogP contribution in [0.2, 0.25) is 12.1 Å². The molecule has 0 atom stereocenters. The van der Waals surface area contributed by atoms with Gasteiger partial charge in [0.1, 0.15) is 0 Å². The molecule has 0 aliphatic carbocycles. The lowest BCUT2D eigenvalue weighted by Crippen LogP contribution is -2.41. The van der Waals surface area contributed by atoms with Crippen molar-refractivity contribution in [2.24, 2.45) is 0 Å². The average Bonchev–Trinajstić information content (AvgIpc) is 2.00. The Morgan fingerprint density at radius 2 is 1.73 bits per heavy atom. The van der Waals surface area contributed by atoms with Gasteiger partial charge in [-0.15, -0.1) is 0 Å². The fourth-order valence-electron chi connectivity index (χ4n) is 1.14. The Hall–Kier alpha value is 0.907. The molecule has 0 N–H and O–H groups in total. The highest BCUT2D eigenvalue weighted by atomic mass is 127. The molecule has 68 valence electrons. The first-order valence-electron chi connectivity index (χ1n) is 4.34. The Kier molecular flexibility index (Phi) is 5.99. The molecule has 0 bridgehead atoms. The van der Waals surface area contributed by atoms with E-state index in [2.05, 4.69) is 50.3 Å². The number of halogens is 1. The van der Waals surface area contributed by atoms with Gasteiger partial charge in [0.05, 0.1) is 0 Å². The van der Waals surface area contributed by atoms with Gasteiger partial charge in [-0.25, -0.2) is 0 Å². The average molecular weight is 286 g/mol. The number of hydrogen-bond donors (Lipinski definition) is 0. The predicted octanol–water partition coefficient (Wildman–Crippen LogP) is 3.37. The Bertz CT molecular complexity index is 94.0. The summed E-state index contributed by atoms with van der Waals surface area (Å²) >= 11 is 2.47. The van der Waals surface area contributed by atoms with Crippen molar-refractivity contribution in [2.75, 3.05) is 4.05 Å². The molecule has 0 radical (unpaired) electrons. The van der Waals surface area contributed by atoms with Gasteiger partial charge in [-0.3, -0.25) is 0 Å². The second-order valence-corrected chi connectivity index (χ2v) is 9.76. The van der Waals surface area contributed by atoms with Crippen molar-refractivity contribution in [2.45, 2.75) is 45.9 Å². The zero-order valence-electron chi connectivity index (χ0n) is 7.98. The summed E-state index contributed by atoms with van der Waals surface area (Å²) in [5.41, 5.74) is 0. The minimum atomic E-state index is -1.29. The minimum absolute atomic E-state index is 0.413. The van der Waals surface area contributed by atoms with Crippen LogP contribution in [-0.4, -0.2) is 18.5 Å². The number of rotatable bonds is 5. The molecule has 3 heteroatoms. The summed E-state index contributed by atoms with van der Waals surface area (Å²) in [6.07, 6.45) is 0.413. The van der Waals surface area contributed by atoms with Crippen LogP contribution in [0, 0.1) is 0 Å². The first-order valence-corrected chi connectivity index (χ1v) is 8.39. The molecule has 0 aromatic rings. The van der Waals surface area contributed by atoms with Crippen molar-refractivity contribution < 1.29 is 4.43 Å². The van der Waals surface area contributed by atoms with Crippen LogP contribution in [0.5, 0.6) is 0 Å². The van der Waals surface area contributed by atoms with Gasteiger partial charge in [0, 0.05) is 10.2 Å². The molecule has 0 unspecified atom stereocenters. The van der Waals surface area contributed by atoms with Crippen LogP contribution in [0.25, 0.3) is 0 Å². The van der Waals surface area contributed by atoms with E-state index in [1.54, 1.807) is 0 Å². The summed E-state index contributed by atoms with van der Waals surface area (Å²) in [4.78, 5) is 0. The fraction of sp³-hybridized carbons (Fsp3) is 1.00. The monoisotopic (exact) mass is 286 g/mol. The highest BCUT2D eigenvalue weighted by Gasteiger charge is 2.30. The van der Waals surface area contributed by atoms with Gasteiger partial charge in [-0.1, -0.05) is 36.4 Å². The molecule has 0 heterocycles. The van der Waals surface area contributed by atoms with Crippen LogP contribution in [-0.2, 0) is 4.43 Å². The summed E-state index contributed by atoms with van der Waals surface area (Å²) < 4.78 is 7.25. The lowest BCUT2D eigenvalue weighted by atomic mass is 10.5. The normalized spacial score (nSPS) is 12.5. The first-order chi connectivity index (χ1) is 5.10. The molecule has 11 heavy (non-hydrogen) atoms. The second kappa shape index (κ2) is 5.53. The van der Waals surface area contributed by atoms with E-state index in [1.165, 1.54) is 16.1 Å². The Balaban J connectivity index is 4.05. The molecule has 0 saturated carbocycles. The van der Waals surface area contributed by atoms with Crippen molar-refractivity contribution in [3.63, 3.8) is 0 Å². The molecular weight excluding hydrogens is 267 g/mol. The van der Waals surface area contributed by atoms with E-state index in [4.69, 9.17) is 4.43 Å². The van der Waals surface area contributed by atoms with E-state index in [0.29, 0.717) is 6.10 Å². The zero-order valence-corrected chi connectivity index (χ0v) is 11.1. The fourth-order valence-corrected chi connectivity index (χ4v) is 7.19. The smallest absolute Gasteiger partial charge is 0.202 e. The van der Waals surface area contributed by atoms with Gasteiger partial charge < -0.3 is 4.43 Å². The minimum Gasteiger partial charge on any atom is -0.414 e. The summed E-state index contributed by atoms with van der Waals surface area (Å²) in [7, 11) is -1.29. The van der Waals surface area contributed by atoms with Crippen LogP contribution in [0.3, 0.4) is 0 Å². The molecule has 0 rings (SSSR count). The van der Waals surface area contributed by atoms with Gasteiger partial charge in [-0.2, -0.15) is 0 Å². The largest absolute Gasteiger partial charge is 0.414 e. The Morgan fingerprint density at radius 1 is 1.27 bits per heavy atom. The second-order valence-electron chi connectivity index (χ2n) is 3.19. The van der Waals surface area contributed by atoms with Gasteiger partial charge in [0.25, 0.3) is 0 Å². The van der Waals surface area contributed by atoms with Gasteiger partial charge >= 0.3 is 0 Å². The van der Waals surface area contributed by atoms with Crippen molar-refractivity contribution in [3.05, 3.63) is 0 Å². The Labute approximate surface area is 85.2 Å². The molecule has 0 aromatic carbocycles. The van der Waals surface area contributed by atoms with Crippen LogP contribution < -0.4 is 0 Å². The molecule has 0 aliphatic heterocycles. The van der Waals surface area contributed by atoms with E-state index in [9.17, 15) is 0 Å². The summed E-state index contributed by atoms with van der Waals surface area (Å²) in [5, 5.41) is 0. The van der Waals surface area contributed by atoms with Gasteiger partial charge in [0.15, 0.2) is 0 Å². The third-order valence-corrected chi connectivity index (χ3v) is 10.2. The quantitative estimate of drug-likeness (QED) is 0.428. The van der Waals surface area contributed by atoms with Crippen LogP contribution >= 0.6 is 22.6 Å². The first kappa shape index (κ1) is 11.9. The number of alkyl halides is 1. The SMILES string of the molecule is CC[Si](CC)(CI)OC(C)C. The predicted molar refractivity (Wildman–Crippen MR) is 61.8 cm³/mol. The molecule has 0 amide bonds. The van der Waals surface area contributed by atoms with Gasteiger partial charge in [-0.05, 0) is 25.9 Å². The summed E-state index contributed by atoms with van der Waals surface area (Å²) in [5.74, 6) is 0. The third-order valence-electron chi connectivity index (χ3n) is 2.02. The van der Waals surface area contributed by atoms with Crippen LogP contribution in [0.15, 0.2) is 0 Å². The third kappa shape index (κ3) is 3.89. The van der Waals surface area contributed by atoms with Crippen LogP contribution in [0.4, 0.5) is 0 Å². The molecule has 0 saturated heterocycles. The van der Waals surface area contributed by atoms with Crippen molar-refractivity contribution in [1.29, 1.82) is 0 Å². The van der Waals surface area contributed by atoms with Crippen molar-refractivity contribution in [3.8, 4) is 0 Å². The lowest BCUT2D eigenvalue weighted by molar-refractivity contribution is 0.229. The maximum atomic E-state index is 6.02. The number of hydrogen-bond acceptors (Lipinski definition) is 1. The summed E-state index contributed by atoms with van der Waals surface area (Å²) in [6, 6.07) is 2.51. The molecule has 0 aromatic heterocycles. The topological polar surface area (TPSA) is 9.23 Å². The van der Waals surface area contributed by atoms with Crippen molar-refractivity contribution in [1.82, 2.24) is 0 Å². The van der Waals surface area contributed by atoms with Gasteiger partial charge in [0.2, 0.25) is 8.32 Å². The lowest BCUT2D eigenvalue weighted by Gasteiger charge is -2.29. The highest BCUT2D eigenvalue weighted by Crippen LogP contribution is 2.21. The van der Waals surface area contributed by atoms with E-state index < -0.39 is 8.32 Å². The van der Waals surface area contributed by atoms with E-state index in [1.807, 2.05) is 0 Å². The van der Waals surface area contributed by atoms with E-state index in [0.717, 1.165) is 0 Å². The van der Waals surface area contributed by atoms with Crippen LogP contribution in [0.1, 0.15) is 27.7 Å². The standard InChI is InChI=1S/C8H19IOSi/c1-5-11(6-2,7-9)10-8(3)4/h8H,5-7H2,1-4H3. The maximum Gasteiger partial charge on any atom is 0.202 e. The highest BCUT2D eigenvalue weighted by molar-refractivity contribution is 14.1. The molecule has 0 spiro atoms. The van der Waals surface area contributed by atoms with E-state index in [-0.39, 0.29) is 0 Å². The summed E-state index contributed by atoms with van der Waals surface area (Å²) in [6.45, 7) is 8.80. The molecule has 0 fully saturated rings. The van der Waals surface area contributed by atoms with Crippen molar-refractivity contribution >= 4 is 30.9 Å².